The first-order valence-electron chi connectivity index (χ1n) is 5.51. The summed E-state index contributed by atoms with van der Waals surface area (Å²) in [6, 6.07) is 1.12. The Labute approximate surface area is 138 Å². The van der Waals surface area contributed by atoms with Crippen LogP contribution in [0.1, 0.15) is 5.56 Å². The zero-order valence-corrected chi connectivity index (χ0v) is 12.9. The largest absolute Gasteiger partial charge is 0.604 e. The van der Waals surface area contributed by atoms with Gasteiger partial charge in [-0.05, 0) is 12.1 Å². The van der Waals surface area contributed by atoms with Gasteiger partial charge in [0.1, 0.15) is 23.1 Å². The summed E-state index contributed by atoms with van der Waals surface area (Å²) in [7, 11) is 0. The predicted octanol–water partition coefficient (Wildman–Crippen LogP) is 4.83. The van der Waals surface area contributed by atoms with Crippen molar-refractivity contribution in [3.05, 3.63) is 40.1 Å². The van der Waals surface area contributed by atoms with Gasteiger partial charge < -0.3 is 4.55 Å². The topological polar surface area (TPSA) is 40.9 Å². The number of rotatable bonds is 2. The van der Waals surface area contributed by atoms with Gasteiger partial charge in [-0.1, -0.05) is 23.2 Å². The fourth-order valence-electron chi connectivity index (χ4n) is 1.61. The summed E-state index contributed by atoms with van der Waals surface area (Å²) in [5.41, 5.74) is -6.38. The summed E-state index contributed by atoms with van der Waals surface area (Å²) in [5, 5.41) is 2.56. The molecule has 0 N–H and O–H groups in total. The zero-order valence-electron chi connectivity index (χ0n) is 10.5. The Morgan fingerprint density at radius 1 is 1.04 bits per heavy atom. The van der Waals surface area contributed by atoms with Gasteiger partial charge in [0.25, 0.3) is 0 Å². The van der Waals surface area contributed by atoms with E-state index >= 15 is 0 Å². The van der Waals surface area contributed by atoms with E-state index in [4.69, 9.17) is 23.2 Å². The average molecular weight is 397 g/mol. The summed E-state index contributed by atoms with van der Waals surface area (Å²) < 4.78 is 86.9. The summed E-state index contributed by atoms with van der Waals surface area (Å²) in [5.74, 6) is 0. The molecule has 1 aromatic heterocycles. The number of alkyl halides is 6. The van der Waals surface area contributed by atoms with Crippen LogP contribution in [0.5, 0.6) is 0 Å². The Kier molecular flexibility index (Phi) is 4.82. The highest BCUT2D eigenvalue weighted by atomic mass is 35.5. The lowest BCUT2D eigenvalue weighted by molar-refractivity contribution is -0.137. The molecule has 3 nitrogen and oxygen atoms in total. The SMILES string of the molecule is [O-][S+](c1cnn(-c2c(Cl)cc(C(F)(F)F)cc2Cl)c1)C(F)(F)F. The highest BCUT2D eigenvalue weighted by molar-refractivity contribution is 7.92. The molecular weight excluding hydrogens is 393 g/mol. The Bertz CT molecular complexity index is 707. The zero-order chi connectivity index (χ0) is 17.6. The van der Waals surface area contributed by atoms with Crippen LogP contribution >= 0.6 is 23.2 Å². The fourth-order valence-corrected chi connectivity index (χ4v) is 2.87. The van der Waals surface area contributed by atoms with E-state index in [1.165, 1.54) is 0 Å². The van der Waals surface area contributed by atoms with Gasteiger partial charge in [-0.2, -0.15) is 18.3 Å². The van der Waals surface area contributed by atoms with Gasteiger partial charge in [0.2, 0.25) is 0 Å². The van der Waals surface area contributed by atoms with Crippen molar-refractivity contribution in [1.82, 2.24) is 9.78 Å². The standard InChI is InChI=1S/C11H4Cl2F6N2OS/c12-7-1-5(10(14,15)16)2-8(13)9(7)21-4-6(3-20-21)23(22)11(17,18)19/h1-4H. The van der Waals surface area contributed by atoms with Crippen LogP contribution in [0.2, 0.25) is 10.0 Å². The molecule has 0 amide bonds. The summed E-state index contributed by atoms with van der Waals surface area (Å²) in [4.78, 5) is -0.690. The Morgan fingerprint density at radius 3 is 2.00 bits per heavy atom. The highest BCUT2D eigenvalue weighted by Crippen LogP contribution is 2.38. The van der Waals surface area contributed by atoms with Crippen molar-refractivity contribution in [2.75, 3.05) is 0 Å². The van der Waals surface area contributed by atoms with Crippen LogP contribution in [-0.2, 0) is 17.4 Å². The summed E-state index contributed by atoms with van der Waals surface area (Å²) in [6.07, 6.45) is -3.31. The minimum atomic E-state index is -5.00. The monoisotopic (exact) mass is 396 g/mol. The van der Waals surface area contributed by atoms with Gasteiger partial charge in [-0.25, -0.2) is 4.68 Å². The molecule has 1 unspecified atom stereocenters. The molecule has 0 bridgehead atoms. The second-order valence-electron chi connectivity index (χ2n) is 4.12. The van der Waals surface area contributed by atoms with Gasteiger partial charge in [0.05, 0.1) is 21.8 Å². The van der Waals surface area contributed by atoms with Gasteiger partial charge in [-0.3, -0.25) is 0 Å². The van der Waals surface area contributed by atoms with Crippen LogP contribution in [0.3, 0.4) is 0 Å². The number of hydrogen-bond donors (Lipinski definition) is 0. The van der Waals surface area contributed by atoms with E-state index in [1.807, 2.05) is 0 Å². The van der Waals surface area contributed by atoms with Crippen LogP contribution in [0.4, 0.5) is 26.3 Å². The van der Waals surface area contributed by atoms with E-state index in [0.29, 0.717) is 18.3 Å². The normalized spacial score (nSPS) is 14.1. The molecule has 126 valence electrons. The van der Waals surface area contributed by atoms with Crippen molar-refractivity contribution in [3.63, 3.8) is 0 Å². The van der Waals surface area contributed by atoms with Crippen molar-refractivity contribution >= 4 is 34.4 Å². The number of benzene rings is 1. The minimum absolute atomic E-state index is 0.258. The molecule has 0 aliphatic rings. The maximum atomic E-state index is 12.6. The lowest BCUT2D eigenvalue weighted by Gasteiger charge is -2.12. The molecule has 1 aromatic carbocycles. The van der Waals surface area contributed by atoms with Crippen LogP contribution in [0, 0.1) is 0 Å². The third kappa shape index (κ3) is 3.87. The maximum Gasteiger partial charge on any atom is 0.578 e. The molecule has 0 saturated carbocycles. The van der Waals surface area contributed by atoms with Gasteiger partial charge >= 0.3 is 11.7 Å². The number of halogens is 8. The Hall–Kier alpha value is -1.10. The molecule has 0 radical (unpaired) electrons. The first-order chi connectivity index (χ1) is 10.4. The molecule has 0 fully saturated rings. The average Bonchev–Trinajstić information content (AvgIpc) is 2.84. The Morgan fingerprint density at radius 2 is 1.57 bits per heavy atom. The van der Waals surface area contributed by atoms with E-state index in [0.717, 1.165) is 10.9 Å². The molecule has 0 saturated heterocycles. The molecule has 2 aromatic rings. The van der Waals surface area contributed by atoms with Crippen molar-refractivity contribution < 1.29 is 30.9 Å². The molecule has 2 rings (SSSR count). The molecule has 0 spiro atoms. The highest BCUT2D eigenvalue weighted by Gasteiger charge is 2.47. The molecule has 1 heterocycles. The lowest BCUT2D eigenvalue weighted by atomic mass is 10.2. The molecule has 0 aliphatic heterocycles. The third-order valence-corrected chi connectivity index (χ3v) is 4.19. The maximum absolute atomic E-state index is 12.6. The van der Waals surface area contributed by atoms with E-state index < -0.39 is 43.4 Å². The second kappa shape index (κ2) is 6.08. The van der Waals surface area contributed by atoms with Gasteiger partial charge in [-0.15, -0.1) is 13.2 Å². The number of nitrogens with zero attached hydrogens (tertiary/aromatic N) is 2. The van der Waals surface area contributed by atoms with Crippen molar-refractivity contribution in [1.29, 1.82) is 0 Å². The van der Waals surface area contributed by atoms with Crippen molar-refractivity contribution in [3.8, 4) is 5.69 Å². The van der Waals surface area contributed by atoms with Crippen molar-refractivity contribution in [2.24, 2.45) is 0 Å². The van der Waals surface area contributed by atoms with Crippen LogP contribution < -0.4 is 0 Å². The summed E-state index contributed by atoms with van der Waals surface area (Å²) in [6.45, 7) is 0. The second-order valence-corrected chi connectivity index (χ2v) is 6.41. The molecule has 1 atom stereocenters. The first kappa shape index (κ1) is 18.2. The smallest absolute Gasteiger partial charge is 0.578 e. The molecule has 23 heavy (non-hydrogen) atoms. The summed E-state index contributed by atoms with van der Waals surface area (Å²) >= 11 is 8.09. The van der Waals surface area contributed by atoms with Gasteiger partial charge in [0, 0.05) is 0 Å². The molecule has 12 heteroatoms. The van der Waals surface area contributed by atoms with Crippen molar-refractivity contribution in [2.45, 2.75) is 16.6 Å². The molecular formula is C11H4Cl2F6N2OS. The third-order valence-electron chi connectivity index (χ3n) is 2.56. The Balaban J connectivity index is 2.46. The van der Waals surface area contributed by atoms with E-state index in [9.17, 15) is 30.9 Å². The molecule has 0 aliphatic carbocycles. The quantitative estimate of drug-likeness (QED) is 0.539. The number of aromatic nitrogens is 2. The minimum Gasteiger partial charge on any atom is -0.604 e. The van der Waals surface area contributed by atoms with Crippen LogP contribution in [0.25, 0.3) is 5.69 Å². The first-order valence-corrected chi connectivity index (χ1v) is 7.41. The number of hydrogen-bond acceptors (Lipinski definition) is 2. The van der Waals surface area contributed by atoms with E-state index in [-0.39, 0.29) is 5.69 Å². The van der Waals surface area contributed by atoms with Gasteiger partial charge in [0.15, 0.2) is 4.90 Å². The fraction of sp³-hybridized carbons (Fsp3) is 0.182. The predicted molar refractivity (Wildman–Crippen MR) is 71.0 cm³/mol. The van der Waals surface area contributed by atoms with E-state index in [1.54, 1.807) is 0 Å². The lowest BCUT2D eigenvalue weighted by Crippen LogP contribution is -2.22. The van der Waals surface area contributed by atoms with Crippen LogP contribution in [0.15, 0.2) is 29.4 Å². The van der Waals surface area contributed by atoms with E-state index in [2.05, 4.69) is 5.10 Å². The van der Waals surface area contributed by atoms with Crippen LogP contribution in [-0.4, -0.2) is 19.8 Å².